The Morgan fingerprint density at radius 3 is 2.77 bits per heavy atom. The summed E-state index contributed by atoms with van der Waals surface area (Å²) in [6.07, 6.45) is 3.36. The molecular weight excluding hydrogens is 280 g/mol. The molecule has 1 amide bonds. The first-order valence-corrected chi connectivity index (χ1v) is 7.63. The number of carbonyl (C=O) groups excluding carboxylic acids is 1. The third-order valence-electron chi connectivity index (χ3n) is 3.35. The lowest BCUT2D eigenvalue weighted by Crippen LogP contribution is -2.39. The second-order valence-electron chi connectivity index (χ2n) is 5.77. The van der Waals surface area contributed by atoms with Gasteiger partial charge in [0.1, 0.15) is 5.75 Å². The lowest BCUT2D eigenvalue weighted by atomic mass is 10.1. The average Bonchev–Trinajstić information content (AvgIpc) is 2.52. The van der Waals surface area contributed by atoms with Gasteiger partial charge in [-0.2, -0.15) is 0 Å². The van der Waals surface area contributed by atoms with E-state index in [2.05, 4.69) is 13.8 Å². The van der Waals surface area contributed by atoms with Crippen molar-refractivity contribution in [1.29, 1.82) is 0 Å². The molecule has 1 aliphatic rings. The van der Waals surface area contributed by atoms with E-state index in [0.717, 1.165) is 5.56 Å². The number of anilines is 1. The summed E-state index contributed by atoms with van der Waals surface area (Å²) in [5, 5.41) is 0. The van der Waals surface area contributed by atoms with Crippen LogP contribution in [-0.4, -0.2) is 43.7 Å². The number of nitrogens with zero attached hydrogens (tertiary/aromatic N) is 1. The van der Waals surface area contributed by atoms with Crippen LogP contribution in [0, 0.1) is 5.92 Å². The van der Waals surface area contributed by atoms with E-state index in [1.165, 1.54) is 0 Å². The minimum atomic E-state index is 0.00186. The van der Waals surface area contributed by atoms with Crippen molar-refractivity contribution in [2.45, 2.75) is 13.8 Å². The van der Waals surface area contributed by atoms with Gasteiger partial charge in [0.05, 0.1) is 25.5 Å². The van der Waals surface area contributed by atoms with Crippen LogP contribution in [0.3, 0.4) is 0 Å². The number of nitrogens with two attached hydrogens (primary N) is 1. The van der Waals surface area contributed by atoms with E-state index in [0.29, 0.717) is 50.3 Å². The molecule has 1 fully saturated rings. The van der Waals surface area contributed by atoms with Crippen LogP contribution in [0.25, 0.3) is 6.08 Å². The standard InChI is InChI=1S/C17H24N2O3/c1-13(2)12-22-16-5-3-14(11-15(16)18)4-6-17(20)19-7-9-21-10-8-19/h3-6,11,13H,7-10,12,18H2,1-2H3/b6-4-. The molecule has 0 spiro atoms. The fraction of sp³-hybridized carbons (Fsp3) is 0.471. The number of hydrogen-bond donors (Lipinski definition) is 1. The van der Waals surface area contributed by atoms with Crippen molar-refractivity contribution in [3.8, 4) is 5.75 Å². The van der Waals surface area contributed by atoms with Gasteiger partial charge in [-0.25, -0.2) is 0 Å². The number of carbonyl (C=O) groups is 1. The summed E-state index contributed by atoms with van der Waals surface area (Å²) in [7, 11) is 0. The maximum Gasteiger partial charge on any atom is 0.246 e. The van der Waals surface area contributed by atoms with Crippen molar-refractivity contribution in [2.75, 3.05) is 38.6 Å². The Labute approximate surface area is 131 Å². The highest BCUT2D eigenvalue weighted by atomic mass is 16.5. The van der Waals surface area contributed by atoms with E-state index in [4.69, 9.17) is 15.2 Å². The molecule has 5 nitrogen and oxygen atoms in total. The number of morpholine rings is 1. The third-order valence-corrected chi connectivity index (χ3v) is 3.35. The van der Waals surface area contributed by atoms with Gasteiger partial charge in [0.2, 0.25) is 5.91 Å². The van der Waals surface area contributed by atoms with Crippen molar-refractivity contribution >= 4 is 17.7 Å². The largest absolute Gasteiger partial charge is 0.491 e. The minimum absolute atomic E-state index is 0.00186. The molecule has 1 aromatic rings. The molecule has 0 aliphatic carbocycles. The van der Waals surface area contributed by atoms with Crippen LogP contribution in [0.1, 0.15) is 19.4 Å². The molecule has 0 bridgehead atoms. The number of ether oxygens (including phenoxy) is 2. The molecule has 2 rings (SSSR count). The molecule has 0 radical (unpaired) electrons. The van der Waals surface area contributed by atoms with Gasteiger partial charge in [-0.15, -0.1) is 0 Å². The second-order valence-corrected chi connectivity index (χ2v) is 5.77. The Morgan fingerprint density at radius 1 is 1.41 bits per heavy atom. The van der Waals surface area contributed by atoms with Crippen LogP contribution in [0.15, 0.2) is 24.3 Å². The molecule has 1 heterocycles. The first-order chi connectivity index (χ1) is 10.6. The summed E-state index contributed by atoms with van der Waals surface area (Å²) in [6.45, 7) is 7.31. The molecule has 22 heavy (non-hydrogen) atoms. The molecule has 0 aromatic heterocycles. The van der Waals surface area contributed by atoms with Crippen LogP contribution >= 0.6 is 0 Å². The van der Waals surface area contributed by atoms with Gasteiger partial charge in [0.15, 0.2) is 0 Å². The summed E-state index contributed by atoms with van der Waals surface area (Å²) in [4.78, 5) is 13.8. The Morgan fingerprint density at radius 2 is 2.14 bits per heavy atom. The quantitative estimate of drug-likeness (QED) is 0.669. The summed E-state index contributed by atoms with van der Waals surface area (Å²) in [5.41, 5.74) is 7.46. The monoisotopic (exact) mass is 304 g/mol. The smallest absolute Gasteiger partial charge is 0.246 e. The summed E-state index contributed by atoms with van der Waals surface area (Å²) in [5.74, 6) is 1.14. The number of hydrogen-bond acceptors (Lipinski definition) is 4. The fourth-order valence-electron chi connectivity index (χ4n) is 2.12. The van der Waals surface area contributed by atoms with Gasteiger partial charge in [-0.1, -0.05) is 19.9 Å². The Kier molecular flexibility index (Phi) is 5.83. The van der Waals surface area contributed by atoms with E-state index >= 15 is 0 Å². The number of rotatable bonds is 5. The molecular formula is C17H24N2O3. The summed E-state index contributed by atoms with van der Waals surface area (Å²) < 4.78 is 10.9. The first kappa shape index (κ1) is 16.4. The zero-order chi connectivity index (χ0) is 15.9. The highest BCUT2D eigenvalue weighted by Crippen LogP contribution is 2.23. The maximum atomic E-state index is 12.0. The van der Waals surface area contributed by atoms with Crippen molar-refractivity contribution in [1.82, 2.24) is 4.90 Å². The van der Waals surface area contributed by atoms with E-state index in [9.17, 15) is 4.79 Å². The normalized spacial score (nSPS) is 15.5. The maximum absolute atomic E-state index is 12.0. The number of amides is 1. The third kappa shape index (κ3) is 4.77. The van der Waals surface area contributed by atoms with Crippen molar-refractivity contribution in [3.05, 3.63) is 29.8 Å². The van der Waals surface area contributed by atoms with Crippen molar-refractivity contribution in [2.24, 2.45) is 5.92 Å². The molecule has 1 aromatic carbocycles. The van der Waals surface area contributed by atoms with Crippen LogP contribution < -0.4 is 10.5 Å². The summed E-state index contributed by atoms with van der Waals surface area (Å²) in [6, 6.07) is 5.56. The Bertz CT molecular complexity index is 535. The number of benzene rings is 1. The van der Waals surface area contributed by atoms with Crippen LogP contribution in [-0.2, 0) is 9.53 Å². The Balaban J connectivity index is 1.96. The van der Waals surface area contributed by atoms with Crippen LogP contribution in [0.4, 0.5) is 5.69 Å². The predicted octanol–water partition coefficient (Wildman–Crippen LogP) is 2.18. The zero-order valence-corrected chi connectivity index (χ0v) is 13.2. The molecule has 5 heteroatoms. The van der Waals surface area contributed by atoms with Gasteiger partial charge >= 0.3 is 0 Å². The first-order valence-electron chi connectivity index (χ1n) is 7.63. The molecule has 1 saturated heterocycles. The van der Waals surface area contributed by atoms with Gasteiger partial charge < -0.3 is 20.1 Å². The van der Waals surface area contributed by atoms with Crippen LogP contribution in [0.2, 0.25) is 0 Å². The lowest BCUT2D eigenvalue weighted by Gasteiger charge is -2.25. The lowest BCUT2D eigenvalue weighted by molar-refractivity contribution is -0.129. The second kappa shape index (κ2) is 7.84. The average molecular weight is 304 g/mol. The highest BCUT2D eigenvalue weighted by Gasteiger charge is 2.13. The molecule has 2 N–H and O–H groups in total. The van der Waals surface area contributed by atoms with Crippen LogP contribution in [0.5, 0.6) is 5.75 Å². The van der Waals surface area contributed by atoms with Gasteiger partial charge in [0.25, 0.3) is 0 Å². The van der Waals surface area contributed by atoms with Crippen molar-refractivity contribution < 1.29 is 14.3 Å². The van der Waals surface area contributed by atoms with E-state index in [1.807, 2.05) is 18.2 Å². The van der Waals surface area contributed by atoms with E-state index in [-0.39, 0.29) is 5.91 Å². The molecule has 120 valence electrons. The van der Waals surface area contributed by atoms with E-state index in [1.54, 1.807) is 17.1 Å². The molecule has 0 unspecified atom stereocenters. The zero-order valence-electron chi connectivity index (χ0n) is 13.2. The van der Waals surface area contributed by atoms with E-state index < -0.39 is 0 Å². The fourth-order valence-corrected chi connectivity index (χ4v) is 2.12. The summed E-state index contributed by atoms with van der Waals surface area (Å²) >= 11 is 0. The molecule has 0 atom stereocenters. The topological polar surface area (TPSA) is 64.8 Å². The van der Waals surface area contributed by atoms with Crippen molar-refractivity contribution in [3.63, 3.8) is 0 Å². The van der Waals surface area contributed by atoms with Gasteiger partial charge in [-0.05, 0) is 29.7 Å². The number of nitrogen functional groups attached to an aromatic ring is 1. The molecule has 0 saturated carbocycles. The Hall–Kier alpha value is -2.01. The molecule has 1 aliphatic heterocycles. The SMILES string of the molecule is CC(C)COc1ccc(/C=C\C(=O)N2CCOCC2)cc1N. The predicted molar refractivity (Wildman–Crippen MR) is 87.6 cm³/mol. The van der Waals surface area contributed by atoms with Gasteiger partial charge in [0, 0.05) is 19.2 Å². The van der Waals surface area contributed by atoms with Gasteiger partial charge in [-0.3, -0.25) is 4.79 Å². The minimum Gasteiger partial charge on any atom is -0.491 e. The highest BCUT2D eigenvalue weighted by molar-refractivity contribution is 5.92.